The summed E-state index contributed by atoms with van der Waals surface area (Å²) in [5.74, 6) is 0.779. The molecule has 6 nitrogen and oxygen atoms in total. The molecule has 0 aliphatic carbocycles. The summed E-state index contributed by atoms with van der Waals surface area (Å²) in [6, 6.07) is 11.5. The molecule has 0 heterocycles. The smallest absolute Gasteiger partial charge is 0.519 e. The first-order valence-corrected chi connectivity index (χ1v) is 10.7. The third kappa shape index (κ3) is 6.90. The maximum atomic E-state index is 10.4. The number of aryl methyl sites for hydroxylation is 1. The van der Waals surface area contributed by atoms with Crippen LogP contribution in [0.1, 0.15) is 24.2 Å². The number of halogens is 1. The van der Waals surface area contributed by atoms with E-state index in [1.165, 1.54) is 12.1 Å². The van der Waals surface area contributed by atoms with E-state index in [0.29, 0.717) is 0 Å². The molecule has 1 atom stereocenters. The molecule has 25 heavy (non-hydrogen) atoms. The van der Waals surface area contributed by atoms with Crippen LogP contribution in [0, 0.1) is 10.5 Å². The summed E-state index contributed by atoms with van der Waals surface area (Å²) in [4.78, 5) is -0.178. The maximum Gasteiger partial charge on any atom is 0.519 e. The lowest BCUT2D eigenvalue weighted by molar-refractivity contribution is -0.867. The molecule has 0 spiro atoms. The molecule has 2 aromatic carbocycles. The standard InChI is InChI=1S/C10H14IO3.C7H8O3S/c1-7(13-2)9-5-4-8(14-3)6-10(9)11-12;1-6-2-4-7(5-3-6)11(8,9)10/h4-7,12H,1-3H3;2-5H,1H3,(H,8,9,10)/q+1;/p-1/t7-;/m0./s1. The predicted octanol–water partition coefficient (Wildman–Crippen LogP) is -0.532. The first kappa shape index (κ1) is 21.8. The number of methoxy groups -OCH3 is 2. The van der Waals surface area contributed by atoms with Gasteiger partial charge in [-0.3, -0.25) is 0 Å². The van der Waals surface area contributed by atoms with Crippen LogP contribution in [-0.2, 0) is 14.9 Å². The SMILES string of the molecule is COc1ccc([C@H](C)OC)c([I+]O)c1.Cc1ccc(S(=O)(=O)[O-])cc1. The Morgan fingerprint density at radius 3 is 2.16 bits per heavy atom. The molecule has 0 amide bonds. The molecule has 1 N–H and O–H groups in total. The van der Waals surface area contributed by atoms with Gasteiger partial charge in [0.25, 0.3) is 0 Å². The number of hydrogen-bond acceptors (Lipinski definition) is 6. The van der Waals surface area contributed by atoms with E-state index >= 15 is 0 Å². The van der Waals surface area contributed by atoms with E-state index in [0.717, 1.165) is 20.4 Å². The molecule has 0 saturated heterocycles. The molecule has 0 aliphatic heterocycles. The quantitative estimate of drug-likeness (QED) is 0.457. The van der Waals surface area contributed by atoms with E-state index < -0.39 is 31.7 Å². The molecule has 2 aromatic rings. The van der Waals surface area contributed by atoms with Crippen LogP contribution in [0.2, 0.25) is 0 Å². The molecule has 0 saturated carbocycles. The van der Waals surface area contributed by atoms with Gasteiger partial charge in [-0.1, -0.05) is 17.7 Å². The van der Waals surface area contributed by atoms with Gasteiger partial charge in [-0.2, -0.15) is 3.44 Å². The zero-order valence-corrected chi connectivity index (χ0v) is 17.4. The fraction of sp³-hybridized carbons (Fsp3) is 0.294. The average molecular weight is 480 g/mol. The molecular weight excluding hydrogens is 459 g/mol. The Morgan fingerprint density at radius 1 is 1.12 bits per heavy atom. The third-order valence-electron chi connectivity index (χ3n) is 3.40. The summed E-state index contributed by atoms with van der Waals surface area (Å²) < 4.78 is 51.7. The van der Waals surface area contributed by atoms with Crippen LogP contribution in [0.4, 0.5) is 0 Å². The van der Waals surface area contributed by atoms with Gasteiger partial charge in [0.05, 0.1) is 18.1 Å². The highest BCUT2D eigenvalue weighted by Crippen LogP contribution is 2.19. The molecule has 0 aliphatic rings. The van der Waals surface area contributed by atoms with Crippen molar-refractivity contribution in [3.8, 4) is 5.75 Å². The predicted molar refractivity (Wildman–Crippen MR) is 88.5 cm³/mol. The molecule has 0 radical (unpaired) electrons. The zero-order chi connectivity index (χ0) is 19.0. The lowest BCUT2D eigenvalue weighted by Gasteiger charge is -2.09. The Bertz CT molecular complexity index is 774. The minimum absolute atomic E-state index is 0.0164. The maximum absolute atomic E-state index is 10.4. The van der Waals surface area contributed by atoms with Crippen molar-refractivity contribution in [3.63, 3.8) is 0 Å². The number of ether oxygens (including phenoxy) is 2. The van der Waals surface area contributed by atoms with Crippen molar-refractivity contribution < 1.29 is 47.5 Å². The second-order valence-corrected chi connectivity index (χ2v) is 8.14. The van der Waals surface area contributed by atoms with Crippen LogP contribution in [0.3, 0.4) is 0 Å². The highest BCUT2D eigenvalue weighted by Gasteiger charge is 2.21. The number of hydrogen-bond donors (Lipinski definition) is 1. The lowest BCUT2D eigenvalue weighted by Crippen LogP contribution is -3.61. The molecule has 0 aromatic heterocycles. The van der Waals surface area contributed by atoms with E-state index in [1.807, 2.05) is 32.0 Å². The van der Waals surface area contributed by atoms with Crippen molar-refractivity contribution in [1.82, 2.24) is 0 Å². The van der Waals surface area contributed by atoms with Gasteiger partial charge in [-0.05, 0) is 38.1 Å². The third-order valence-corrected chi connectivity index (χ3v) is 5.70. The van der Waals surface area contributed by atoms with E-state index in [1.54, 1.807) is 26.4 Å². The number of rotatable bonds is 5. The van der Waals surface area contributed by atoms with E-state index in [2.05, 4.69) is 0 Å². The lowest BCUT2D eigenvalue weighted by atomic mass is 10.1. The van der Waals surface area contributed by atoms with Gasteiger partial charge in [0.15, 0.2) is 0 Å². The van der Waals surface area contributed by atoms with Crippen LogP contribution in [-0.4, -0.2) is 30.6 Å². The van der Waals surface area contributed by atoms with Gasteiger partial charge in [-0.15, -0.1) is 0 Å². The Morgan fingerprint density at radius 2 is 1.72 bits per heavy atom. The Kier molecular flexibility index (Phi) is 8.80. The Labute approximate surface area is 159 Å². The van der Waals surface area contributed by atoms with Crippen LogP contribution < -0.4 is 26.4 Å². The molecular formula is C17H21IO6S. The summed E-state index contributed by atoms with van der Waals surface area (Å²) in [6.45, 7) is 3.78. The first-order chi connectivity index (χ1) is 11.7. The fourth-order valence-electron chi connectivity index (χ4n) is 1.87. The van der Waals surface area contributed by atoms with Crippen molar-refractivity contribution in [1.29, 1.82) is 0 Å². The minimum atomic E-state index is -4.27. The summed E-state index contributed by atoms with van der Waals surface area (Å²) in [6.07, 6.45) is 0.0164. The second kappa shape index (κ2) is 10.1. The van der Waals surface area contributed by atoms with Crippen molar-refractivity contribution in [2.75, 3.05) is 14.2 Å². The molecule has 0 bridgehead atoms. The molecule has 0 unspecified atom stereocenters. The zero-order valence-electron chi connectivity index (χ0n) is 14.4. The highest BCUT2D eigenvalue weighted by atomic mass is 127. The van der Waals surface area contributed by atoms with Gasteiger partial charge < -0.3 is 14.0 Å². The van der Waals surface area contributed by atoms with Gasteiger partial charge in [0.1, 0.15) is 15.9 Å². The fourth-order valence-corrected chi connectivity index (χ4v) is 3.68. The normalized spacial score (nSPS) is 12.1. The summed E-state index contributed by atoms with van der Waals surface area (Å²) in [7, 11) is -0.989. The molecule has 8 heteroatoms. The molecule has 2 rings (SSSR count). The minimum Gasteiger partial charge on any atom is -0.744 e. The Balaban J connectivity index is 0.000000257. The van der Waals surface area contributed by atoms with Gasteiger partial charge in [-0.25, -0.2) is 8.42 Å². The van der Waals surface area contributed by atoms with Crippen molar-refractivity contribution in [2.24, 2.45) is 0 Å². The van der Waals surface area contributed by atoms with Gasteiger partial charge in [0, 0.05) is 18.7 Å². The summed E-state index contributed by atoms with van der Waals surface area (Å²) >= 11 is -0.935. The summed E-state index contributed by atoms with van der Waals surface area (Å²) in [5, 5.41) is 0. The van der Waals surface area contributed by atoms with Gasteiger partial charge in [0.2, 0.25) is 3.57 Å². The molecule has 0 fully saturated rings. The molecule has 138 valence electrons. The highest BCUT2D eigenvalue weighted by molar-refractivity contribution is 7.85. The van der Waals surface area contributed by atoms with E-state index in [9.17, 15) is 16.4 Å². The second-order valence-electron chi connectivity index (χ2n) is 5.12. The monoisotopic (exact) mass is 480 g/mol. The Hall–Kier alpha value is -1.20. The van der Waals surface area contributed by atoms with Crippen molar-refractivity contribution in [3.05, 3.63) is 57.2 Å². The van der Waals surface area contributed by atoms with Crippen LogP contribution in [0.5, 0.6) is 5.75 Å². The summed E-state index contributed by atoms with van der Waals surface area (Å²) in [5.41, 5.74) is 1.97. The first-order valence-electron chi connectivity index (χ1n) is 7.24. The van der Waals surface area contributed by atoms with E-state index in [4.69, 9.17) is 9.47 Å². The van der Waals surface area contributed by atoms with Crippen LogP contribution >= 0.6 is 0 Å². The largest absolute Gasteiger partial charge is 0.744 e. The van der Waals surface area contributed by atoms with Crippen LogP contribution in [0.25, 0.3) is 0 Å². The van der Waals surface area contributed by atoms with Crippen LogP contribution in [0.15, 0.2) is 47.4 Å². The van der Waals surface area contributed by atoms with Crippen molar-refractivity contribution in [2.45, 2.75) is 24.8 Å². The van der Waals surface area contributed by atoms with Gasteiger partial charge >= 0.3 is 21.6 Å². The topological polar surface area (TPSA) is 95.9 Å². The van der Waals surface area contributed by atoms with E-state index in [-0.39, 0.29) is 11.0 Å². The van der Waals surface area contributed by atoms with Crippen molar-refractivity contribution >= 4 is 10.1 Å². The average Bonchev–Trinajstić information content (AvgIpc) is 2.60. The number of benzene rings is 2.